The van der Waals surface area contributed by atoms with Crippen molar-refractivity contribution in [3.63, 3.8) is 0 Å². The van der Waals surface area contributed by atoms with E-state index in [0.717, 1.165) is 38.9 Å². The molecule has 0 aromatic heterocycles. The van der Waals surface area contributed by atoms with Crippen LogP contribution in [0.2, 0.25) is 0 Å². The molecule has 2 aliphatic rings. The molecule has 0 spiro atoms. The maximum absolute atomic E-state index is 10.9. The lowest BCUT2D eigenvalue weighted by molar-refractivity contribution is -0.148. The van der Waals surface area contributed by atoms with E-state index in [9.17, 15) is 4.79 Å². The number of hydrogen-bond donors (Lipinski definition) is 0. The first-order valence-electron chi connectivity index (χ1n) is 6.49. The van der Waals surface area contributed by atoms with Crippen LogP contribution in [0.25, 0.3) is 0 Å². The summed E-state index contributed by atoms with van der Waals surface area (Å²) >= 11 is 0. The van der Waals surface area contributed by atoms with Crippen molar-refractivity contribution in [3.05, 3.63) is 23.8 Å². The predicted octanol–water partition coefficient (Wildman–Crippen LogP) is 2.29. The second kappa shape index (κ2) is 6.01. The molecule has 0 N–H and O–H groups in total. The Kier molecular flexibility index (Phi) is 4.37. The van der Waals surface area contributed by atoms with Gasteiger partial charge in [-0.25, -0.2) is 0 Å². The van der Waals surface area contributed by atoms with Crippen molar-refractivity contribution in [2.24, 2.45) is 0 Å². The number of carbonyl (C=O) groups excluding carboxylic acids is 1. The molecule has 0 bridgehead atoms. The maximum Gasteiger partial charge on any atom is 0.302 e. The Labute approximate surface area is 103 Å². The molecule has 1 aliphatic carbocycles. The van der Waals surface area contributed by atoms with Crippen molar-refractivity contribution < 1.29 is 9.53 Å². The number of likely N-dealkylation sites (tertiary alicyclic amines) is 1. The second-order valence-corrected chi connectivity index (χ2v) is 4.87. The zero-order valence-corrected chi connectivity index (χ0v) is 10.5. The van der Waals surface area contributed by atoms with Gasteiger partial charge in [-0.3, -0.25) is 9.69 Å². The SMILES string of the molecule is CC(=O)OC1CCCN(CC2=CCCC=C2)C1. The van der Waals surface area contributed by atoms with Gasteiger partial charge >= 0.3 is 5.97 Å². The molecule has 0 amide bonds. The average molecular weight is 235 g/mol. The fourth-order valence-electron chi connectivity index (χ4n) is 2.53. The van der Waals surface area contributed by atoms with Gasteiger partial charge in [0.05, 0.1) is 0 Å². The highest BCUT2D eigenvalue weighted by Crippen LogP contribution is 2.17. The van der Waals surface area contributed by atoms with Gasteiger partial charge in [0.25, 0.3) is 0 Å². The van der Waals surface area contributed by atoms with E-state index in [0.29, 0.717) is 0 Å². The van der Waals surface area contributed by atoms with Gasteiger partial charge in [-0.15, -0.1) is 0 Å². The van der Waals surface area contributed by atoms with Crippen molar-refractivity contribution in [3.8, 4) is 0 Å². The summed E-state index contributed by atoms with van der Waals surface area (Å²) in [6.07, 6.45) is 11.3. The summed E-state index contributed by atoms with van der Waals surface area (Å²) in [5, 5.41) is 0. The molecule has 94 valence electrons. The van der Waals surface area contributed by atoms with E-state index in [1.54, 1.807) is 0 Å². The first-order valence-corrected chi connectivity index (χ1v) is 6.49. The summed E-state index contributed by atoms with van der Waals surface area (Å²) in [7, 11) is 0. The minimum atomic E-state index is -0.159. The highest BCUT2D eigenvalue weighted by atomic mass is 16.5. The van der Waals surface area contributed by atoms with Crippen LogP contribution >= 0.6 is 0 Å². The van der Waals surface area contributed by atoms with Crippen molar-refractivity contribution in [2.45, 2.75) is 38.7 Å². The molecule has 0 aromatic carbocycles. The van der Waals surface area contributed by atoms with Gasteiger partial charge in [-0.2, -0.15) is 0 Å². The van der Waals surface area contributed by atoms with Crippen molar-refractivity contribution in [1.82, 2.24) is 4.90 Å². The summed E-state index contributed by atoms with van der Waals surface area (Å²) in [5.41, 5.74) is 1.40. The number of nitrogens with zero attached hydrogens (tertiary/aromatic N) is 1. The van der Waals surface area contributed by atoms with Crippen LogP contribution in [0.3, 0.4) is 0 Å². The van der Waals surface area contributed by atoms with Gasteiger partial charge in [-0.1, -0.05) is 18.2 Å². The zero-order valence-electron chi connectivity index (χ0n) is 10.5. The molecule has 0 saturated carbocycles. The van der Waals surface area contributed by atoms with Gasteiger partial charge < -0.3 is 4.74 Å². The normalized spacial score (nSPS) is 25.5. The molecular weight excluding hydrogens is 214 g/mol. The average Bonchev–Trinajstić information content (AvgIpc) is 2.30. The van der Waals surface area contributed by atoms with E-state index in [2.05, 4.69) is 23.1 Å². The van der Waals surface area contributed by atoms with Gasteiger partial charge in [-0.05, 0) is 37.8 Å². The van der Waals surface area contributed by atoms with Crippen LogP contribution in [0.15, 0.2) is 23.8 Å². The van der Waals surface area contributed by atoms with E-state index >= 15 is 0 Å². The molecule has 0 aromatic rings. The van der Waals surface area contributed by atoms with Crippen LogP contribution in [0.4, 0.5) is 0 Å². The summed E-state index contributed by atoms with van der Waals surface area (Å²) < 4.78 is 5.29. The summed E-state index contributed by atoms with van der Waals surface area (Å²) in [5.74, 6) is -0.159. The fourth-order valence-corrected chi connectivity index (χ4v) is 2.53. The number of rotatable bonds is 3. The van der Waals surface area contributed by atoms with E-state index in [1.165, 1.54) is 18.9 Å². The van der Waals surface area contributed by atoms with Gasteiger partial charge in [0.1, 0.15) is 6.10 Å². The molecule has 3 heteroatoms. The fraction of sp³-hybridized carbons (Fsp3) is 0.643. The summed E-state index contributed by atoms with van der Waals surface area (Å²) in [6, 6.07) is 0. The summed E-state index contributed by atoms with van der Waals surface area (Å²) in [6.45, 7) is 4.48. The third kappa shape index (κ3) is 4.00. The topological polar surface area (TPSA) is 29.5 Å². The monoisotopic (exact) mass is 235 g/mol. The quantitative estimate of drug-likeness (QED) is 0.703. The predicted molar refractivity (Wildman–Crippen MR) is 67.7 cm³/mol. The molecule has 2 rings (SSSR count). The minimum absolute atomic E-state index is 0.0921. The number of piperidine rings is 1. The van der Waals surface area contributed by atoms with Crippen molar-refractivity contribution in [1.29, 1.82) is 0 Å². The molecule has 1 atom stereocenters. The number of hydrogen-bond acceptors (Lipinski definition) is 3. The largest absolute Gasteiger partial charge is 0.461 e. The van der Waals surface area contributed by atoms with E-state index in [1.807, 2.05) is 0 Å². The Bertz CT molecular complexity index is 333. The first kappa shape index (κ1) is 12.4. The lowest BCUT2D eigenvalue weighted by Crippen LogP contribution is -2.41. The molecule has 0 radical (unpaired) electrons. The van der Waals surface area contributed by atoms with E-state index < -0.39 is 0 Å². The first-order chi connectivity index (χ1) is 8.24. The molecule has 17 heavy (non-hydrogen) atoms. The van der Waals surface area contributed by atoms with Crippen LogP contribution in [-0.4, -0.2) is 36.6 Å². The Morgan fingerprint density at radius 2 is 2.41 bits per heavy atom. The highest BCUT2D eigenvalue weighted by molar-refractivity contribution is 5.66. The Hall–Kier alpha value is -1.09. The number of allylic oxidation sites excluding steroid dienone is 2. The van der Waals surface area contributed by atoms with Gasteiger partial charge in [0.2, 0.25) is 0 Å². The van der Waals surface area contributed by atoms with Crippen molar-refractivity contribution >= 4 is 5.97 Å². The zero-order chi connectivity index (χ0) is 12.1. The molecular formula is C14H21NO2. The minimum Gasteiger partial charge on any atom is -0.461 e. The molecule has 3 nitrogen and oxygen atoms in total. The van der Waals surface area contributed by atoms with Gasteiger partial charge in [0, 0.05) is 20.0 Å². The molecule has 1 saturated heterocycles. The Morgan fingerprint density at radius 1 is 1.53 bits per heavy atom. The number of carbonyl (C=O) groups is 1. The second-order valence-electron chi connectivity index (χ2n) is 4.87. The third-order valence-corrected chi connectivity index (χ3v) is 3.27. The molecule has 1 aliphatic heterocycles. The van der Waals surface area contributed by atoms with Crippen LogP contribution in [0, 0.1) is 0 Å². The maximum atomic E-state index is 10.9. The van der Waals surface area contributed by atoms with Crippen molar-refractivity contribution in [2.75, 3.05) is 19.6 Å². The van der Waals surface area contributed by atoms with Crippen LogP contribution < -0.4 is 0 Å². The molecule has 1 fully saturated rings. The third-order valence-electron chi connectivity index (χ3n) is 3.27. The molecule has 1 unspecified atom stereocenters. The van der Waals surface area contributed by atoms with Crippen LogP contribution in [0.5, 0.6) is 0 Å². The number of esters is 1. The Balaban J connectivity index is 1.82. The smallest absolute Gasteiger partial charge is 0.302 e. The number of ether oxygens (including phenoxy) is 1. The van der Waals surface area contributed by atoms with E-state index in [-0.39, 0.29) is 12.1 Å². The van der Waals surface area contributed by atoms with E-state index in [4.69, 9.17) is 4.74 Å². The lowest BCUT2D eigenvalue weighted by Gasteiger charge is -2.32. The van der Waals surface area contributed by atoms with Crippen LogP contribution in [-0.2, 0) is 9.53 Å². The van der Waals surface area contributed by atoms with Crippen LogP contribution in [0.1, 0.15) is 32.6 Å². The molecule has 1 heterocycles. The standard InChI is InChI=1S/C14H21NO2/c1-12(16)17-14-8-5-9-15(11-14)10-13-6-3-2-4-7-13/h3,6-7,14H,2,4-5,8-11H2,1H3. The Morgan fingerprint density at radius 3 is 3.12 bits per heavy atom. The highest BCUT2D eigenvalue weighted by Gasteiger charge is 2.22. The summed E-state index contributed by atoms with van der Waals surface area (Å²) in [4.78, 5) is 13.3. The lowest BCUT2D eigenvalue weighted by atomic mass is 10.0. The van der Waals surface area contributed by atoms with Gasteiger partial charge in [0.15, 0.2) is 0 Å².